The maximum atomic E-state index is 6.20. The van der Waals surface area contributed by atoms with Gasteiger partial charge in [-0.05, 0) is 143 Å². The molecule has 0 N–H and O–H groups in total. The Kier molecular flexibility index (Phi) is 9.54. The number of furan rings is 1. The van der Waals surface area contributed by atoms with Gasteiger partial charge in [-0.25, -0.2) is 0 Å². The summed E-state index contributed by atoms with van der Waals surface area (Å²) in [6.07, 6.45) is 0. The van der Waals surface area contributed by atoms with Gasteiger partial charge in [-0.1, -0.05) is 200 Å². The fourth-order valence-electron chi connectivity index (χ4n) is 10.3. The first-order valence-corrected chi connectivity index (χ1v) is 23.3. The number of hydrogen-bond donors (Lipinski definition) is 0. The lowest BCUT2D eigenvalue weighted by molar-refractivity contribution is 0.669. The summed E-state index contributed by atoms with van der Waals surface area (Å²) in [4.78, 5) is 2.43. The number of para-hydroxylation sites is 1. The van der Waals surface area contributed by atoms with Crippen LogP contribution in [0.2, 0.25) is 0 Å². The van der Waals surface area contributed by atoms with E-state index in [0.29, 0.717) is 0 Å². The van der Waals surface area contributed by atoms with Crippen molar-refractivity contribution in [3.05, 3.63) is 261 Å². The average molecular weight is 866 g/mol. The molecule has 0 fully saturated rings. The predicted molar refractivity (Wildman–Crippen MR) is 288 cm³/mol. The SMILES string of the molecule is c1ccc(-c2ccc(-c3cc4ccccc4c4ccccc34)cc2N(c2ccc(-c3cccc(-c4cccc5ccccc45)c3)cc2)c2ccc(-c3ccc4oc5ccccc5c4c3)cc2)cc1. The number of anilines is 3. The highest BCUT2D eigenvalue weighted by Crippen LogP contribution is 2.46. The second-order valence-electron chi connectivity index (χ2n) is 17.6. The summed E-state index contributed by atoms with van der Waals surface area (Å²) < 4.78 is 6.20. The molecule has 0 bridgehead atoms. The first-order valence-electron chi connectivity index (χ1n) is 23.3. The van der Waals surface area contributed by atoms with Crippen LogP contribution in [0.1, 0.15) is 0 Å². The van der Waals surface area contributed by atoms with Gasteiger partial charge in [-0.3, -0.25) is 0 Å². The predicted octanol–water partition coefficient (Wildman–Crippen LogP) is 18.9. The zero-order valence-corrected chi connectivity index (χ0v) is 37.2. The first kappa shape index (κ1) is 39.4. The van der Waals surface area contributed by atoms with Crippen LogP contribution in [0.4, 0.5) is 17.1 Å². The fraction of sp³-hybridized carbons (Fsp3) is 0. The van der Waals surface area contributed by atoms with E-state index in [1.54, 1.807) is 0 Å². The normalized spacial score (nSPS) is 11.5. The lowest BCUT2D eigenvalue weighted by Gasteiger charge is -2.29. The molecule has 0 saturated carbocycles. The molecule has 0 unspecified atom stereocenters. The molecule has 1 heterocycles. The van der Waals surface area contributed by atoms with Crippen LogP contribution in [0, 0.1) is 0 Å². The Balaban J connectivity index is 0.974. The van der Waals surface area contributed by atoms with E-state index in [9.17, 15) is 0 Å². The number of rotatable bonds is 8. The highest BCUT2D eigenvalue weighted by atomic mass is 16.3. The molecule has 2 nitrogen and oxygen atoms in total. The Bertz CT molecular complexity index is 4010. The van der Waals surface area contributed by atoms with Crippen molar-refractivity contribution < 1.29 is 4.42 Å². The standard InChI is InChI=1S/C66H43NO/c1-2-14-47(15-3-1)58-38-32-52(62-42-51-17-5-7-22-57(51)59-23-8-9-24-60(59)62)43-64(58)67(54-36-30-45(31-37-54)49-33-39-66-63(41-49)61-25-10-11-27-65(61)68-66)53-34-28-44(29-35-53)48-19-12-20-50(40-48)56-26-13-18-46-16-4-6-21-55(46)56/h1-43H. The van der Waals surface area contributed by atoms with E-state index in [4.69, 9.17) is 4.42 Å². The van der Waals surface area contributed by atoms with Crippen molar-refractivity contribution in [2.45, 2.75) is 0 Å². The number of fused-ring (bicyclic) bond motifs is 7. The van der Waals surface area contributed by atoms with Crippen molar-refractivity contribution in [1.82, 2.24) is 0 Å². The van der Waals surface area contributed by atoms with Gasteiger partial charge in [0, 0.05) is 27.7 Å². The Morgan fingerprint density at radius 3 is 1.54 bits per heavy atom. The molecule has 318 valence electrons. The Hall–Kier alpha value is -8.98. The fourth-order valence-corrected chi connectivity index (χ4v) is 10.3. The minimum atomic E-state index is 0.897. The molecule has 0 radical (unpaired) electrons. The van der Waals surface area contributed by atoms with Crippen LogP contribution in [-0.2, 0) is 0 Å². The van der Waals surface area contributed by atoms with Crippen LogP contribution >= 0.6 is 0 Å². The third kappa shape index (κ3) is 6.90. The minimum absolute atomic E-state index is 0.897. The second-order valence-corrected chi connectivity index (χ2v) is 17.6. The van der Waals surface area contributed by atoms with Crippen molar-refractivity contribution in [3.8, 4) is 55.6 Å². The molecule has 0 amide bonds. The van der Waals surface area contributed by atoms with Gasteiger partial charge in [-0.2, -0.15) is 0 Å². The summed E-state index contributed by atoms with van der Waals surface area (Å²) in [6, 6.07) is 94.7. The van der Waals surface area contributed by atoms with E-state index in [0.717, 1.165) is 72.4 Å². The third-order valence-corrected chi connectivity index (χ3v) is 13.7. The van der Waals surface area contributed by atoms with Crippen molar-refractivity contribution in [2.24, 2.45) is 0 Å². The van der Waals surface area contributed by atoms with E-state index in [1.165, 1.54) is 54.6 Å². The largest absolute Gasteiger partial charge is 0.456 e. The van der Waals surface area contributed by atoms with Crippen LogP contribution in [0.5, 0.6) is 0 Å². The summed E-state index contributed by atoms with van der Waals surface area (Å²) in [5.74, 6) is 0. The molecular weight excluding hydrogens is 823 g/mol. The van der Waals surface area contributed by atoms with E-state index >= 15 is 0 Å². The van der Waals surface area contributed by atoms with Crippen LogP contribution in [0.15, 0.2) is 265 Å². The summed E-state index contributed by atoms with van der Waals surface area (Å²) >= 11 is 0. The van der Waals surface area contributed by atoms with Gasteiger partial charge < -0.3 is 9.32 Å². The quantitative estimate of drug-likeness (QED) is 0.142. The summed E-state index contributed by atoms with van der Waals surface area (Å²) in [5, 5.41) is 9.73. The monoisotopic (exact) mass is 865 g/mol. The van der Waals surface area contributed by atoms with Crippen molar-refractivity contribution in [1.29, 1.82) is 0 Å². The summed E-state index contributed by atoms with van der Waals surface area (Å²) in [5.41, 5.74) is 16.8. The van der Waals surface area contributed by atoms with Gasteiger partial charge in [0.15, 0.2) is 0 Å². The molecule has 68 heavy (non-hydrogen) atoms. The van der Waals surface area contributed by atoms with Crippen molar-refractivity contribution in [3.63, 3.8) is 0 Å². The van der Waals surface area contributed by atoms with Crippen LogP contribution in [-0.4, -0.2) is 0 Å². The average Bonchev–Trinajstić information content (AvgIpc) is 3.79. The Morgan fingerprint density at radius 1 is 0.235 bits per heavy atom. The number of hydrogen-bond acceptors (Lipinski definition) is 2. The molecule has 0 spiro atoms. The Labute approximate surface area is 395 Å². The first-order chi connectivity index (χ1) is 33.7. The molecule has 0 atom stereocenters. The topological polar surface area (TPSA) is 16.4 Å². The van der Waals surface area contributed by atoms with Gasteiger partial charge in [-0.15, -0.1) is 0 Å². The summed E-state index contributed by atoms with van der Waals surface area (Å²) in [7, 11) is 0. The molecule has 13 rings (SSSR count). The van der Waals surface area contributed by atoms with E-state index in [2.05, 4.69) is 254 Å². The van der Waals surface area contributed by atoms with Gasteiger partial charge in [0.1, 0.15) is 11.2 Å². The molecule has 0 aliphatic carbocycles. The number of nitrogens with zero attached hydrogens (tertiary/aromatic N) is 1. The molecule has 12 aromatic carbocycles. The second kappa shape index (κ2) is 16.5. The molecule has 0 aliphatic heterocycles. The van der Waals surface area contributed by atoms with E-state index in [1.807, 2.05) is 12.1 Å². The van der Waals surface area contributed by atoms with Crippen molar-refractivity contribution >= 4 is 71.3 Å². The van der Waals surface area contributed by atoms with Gasteiger partial charge in [0.05, 0.1) is 5.69 Å². The zero-order chi connectivity index (χ0) is 45.0. The molecule has 0 aliphatic rings. The highest BCUT2D eigenvalue weighted by Gasteiger charge is 2.21. The maximum Gasteiger partial charge on any atom is 0.135 e. The Morgan fingerprint density at radius 2 is 0.765 bits per heavy atom. The van der Waals surface area contributed by atoms with Crippen LogP contribution < -0.4 is 4.90 Å². The number of benzene rings is 12. The zero-order valence-electron chi connectivity index (χ0n) is 37.2. The minimum Gasteiger partial charge on any atom is -0.456 e. The van der Waals surface area contributed by atoms with Crippen LogP contribution in [0.25, 0.3) is 110 Å². The maximum absolute atomic E-state index is 6.20. The van der Waals surface area contributed by atoms with Crippen LogP contribution in [0.3, 0.4) is 0 Å². The van der Waals surface area contributed by atoms with E-state index in [-0.39, 0.29) is 0 Å². The smallest absolute Gasteiger partial charge is 0.135 e. The molecule has 0 saturated heterocycles. The molecule has 13 aromatic rings. The summed E-state index contributed by atoms with van der Waals surface area (Å²) in [6.45, 7) is 0. The molecule has 1 aromatic heterocycles. The van der Waals surface area contributed by atoms with Gasteiger partial charge in [0.25, 0.3) is 0 Å². The van der Waals surface area contributed by atoms with Gasteiger partial charge in [0.2, 0.25) is 0 Å². The van der Waals surface area contributed by atoms with Gasteiger partial charge >= 0.3 is 0 Å². The van der Waals surface area contributed by atoms with E-state index < -0.39 is 0 Å². The lowest BCUT2D eigenvalue weighted by Crippen LogP contribution is -2.11. The van der Waals surface area contributed by atoms with Crippen molar-refractivity contribution in [2.75, 3.05) is 4.90 Å². The third-order valence-electron chi connectivity index (χ3n) is 13.7. The molecule has 2 heteroatoms. The molecular formula is C66H43NO. The highest BCUT2D eigenvalue weighted by molar-refractivity contribution is 6.14. The lowest BCUT2D eigenvalue weighted by atomic mass is 9.91.